The number of sulfonamides is 1. The van der Waals surface area contributed by atoms with Crippen LogP contribution in [0.1, 0.15) is 68.9 Å². The maximum absolute atomic E-state index is 15.2. The number of carbonyl (C=O) groups is 1. The maximum atomic E-state index is 15.2. The Kier molecular flexibility index (Phi) is 8.00. The first-order valence-electron chi connectivity index (χ1n) is 15.5. The lowest BCUT2D eigenvalue weighted by atomic mass is 9.50. The molecule has 2 aromatic rings. The molecule has 6 nitrogen and oxygen atoms in total. The Morgan fingerprint density at radius 2 is 1.51 bits per heavy atom. The van der Waals surface area contributed by atoms with Crippen LogP contribution in [0.4, 0.5) is 22.0 Å². The molecule has 0 saturated heterocycles. The Balaban J connectivity index is 1.45. The molecule has 0 bridgehead atoms. The van der Waals surface area contributed by atoms with Gasteiger partial charge in [0.2, 0.25) is 0 Å². The topological polar surface area (TPSA) is 101 Å². The maximum Gasteiger partial charge on any atom is 0.456 e. The SMILES string of the molecule is Cc1ccc(S(=O)(=O)N=[S@](C)(=O)c2ccc([C@H]3C[C@@]4(C)C(CC[C@@]4(O)C(F)(F)C(F)(F)F)C4CCC5=CC(=O)CCC5=C43)cc2)cc1. The number of alkyl halides is 5. The second-order valence-corrected chi connectivity index (χ2v) is 17.8. The van der Waals surface area contributed by atoms with Gasteiger partial charge >= 0.3 is 12.1 Å². The molecule has 0 spiro atoms. The number of hydrogen-bond acceptors (Lipinski definition) is 5. The number of aliphatic hydroxyl groups is 1. The van der Waals surface area contributed by atoms with Crippen molar-refractivity contribution < 1.29 is 44.5 Å². The van der Waals surface area contributed by atoms with Gasteiger partial charge in [-0.15, -0.1) is 3.77 Å². The Morgan fingerprint density at radius 3 is 2.13 bits per heavy atom. The van der Waals surface area contributed by atoms with Crippen molar-refractivity contribution in [3.05, 3.63) is 82.5 Å². The van der Waals surface area contributed by atoms with Gasteiger partial charge in [0.25, 0.3) is 10.0 Å². The first kappa shape index (κ1) is 34.0. The number of carbonyl (C=O) groups excluding carboxylic acids is 1. The van der Waals surface area contributed by atoms with Gasteiger partial charge in [-0.05, 0) is 104 Å². The summed E-state index contributed by atoms with van der Waals surface area (Å²) in [5.41, 5.74) is -1.11. The van der Waals surface area contributed by atoms with E-state index in [9.17, 15) is 35.7 Å². The second kappa shape index (κ2) is 11.1. The summed E-state index contributed by atoms with van der Waals surface area (Å²) >= 11 is 0. The van der Waals surface area contributed by atoms with Gasteiger partial charge in [0.15, 0.2) is 5.78 Å². The minimum atomic E-state index is -5.95. The normalized spacial score (nSPS) is 31.0. The van der Waals surface area contributed by atoms with E-state index < -0.39 is 61.1 Å². The molecule has 13 heteroatoms. The molecule has 4 aliphatic carbocycles. The third kappa shape index (κ3) is 5.31. The number of hydrogen-bond donors (Lipinski definition) is 1. The van der Waals surface area contributed by atoms with E-state index >= 15 is 8.78 Å². The van der Waals surface area contributed by atoms with Crippen LogP contribution >= 0.6 is 0 Å². The van der Waals surface area contributed by atoms with Crippen LogP contribution in [-0.4, -0.2) is 47.5 Å². The third-order valence-electron chi connectivity index (χ3n) is 11.0. The highest BCUT2D eigenvalue weighted by atomic mass is 32.3. The van der Waals surface area contributed by atoms with Crippen LogP contribution in [0.15, 0.2) is 84.9 Å². The van der Waals surface area contributed by atoms with Crippen LogP contribution in [0.5, 0.6) is 0 Å². The molecule has 0 radical (unpaired) electrons. The standard InChI is InChI=1S/C34H36F5NO5S2/c1-20-4-10-25(11-5-20)47(44,45)40-46(3,43)24-12-6-21(7-13-24)28-19-31(2)29(16-17-32(31,42)33(35,36)34(37,38)39)27-14-8-22-18-23(41)9-15-26(22)30(27)28/h4-7,10-13,18,27-29,42H,8-9,14-17,19H2,1-3H3/t27?,28-,29?,31+,32+,46-/m1/s1. The van der Waals surface area contributed by atoms with E-state index in [0.717, 1.165) is 22.3 Å². The Morgan fingerprint density at radius 1 is 0.894 bits per heavy atom. The van der Waals surface area contributed by atoms with Gasteiger partial charge in [-0.1, -0.05) is 42.3 Å². The number of ketones is 1. The number of rotatable bonds is 5. The van der Waals surface area contributed by atoms with Crippen molar-refractivity contribution >= 4 is 25.5 Å². The fourth-order valence-corrected chi connectivity index (χ4v) is 12.0. The fraction of sp³-hybridized carbons (Fsp3) is 0.500. The summed E-state index contributed by atoms with van der Waals surface area (Å²) in [6, 6.07) is 12.0. The quantitative estimate of drug-likeness (QED) is 0.324. The van der Waals surface area contributed by atoms with Crippen molar-refractivity contribution in [2.75, 3.05) is 6.26 Å². The number of allylic oxidation sites excluding steroid dienone is 4. The Labute approximate surface area is 271 Å². The monoisotopic (exact) mass is 697 g/mol. The predicted octanol–water partition coefficient (Wildman–Crippen LogP) is 7.67. The molecule has 6 rings (SSSR count). The van der Waals surface area contributed by atoms with Gasteiger partial charge in [0, 0.05) is 28.9 Å². The lowest BCUT2D eigenvalue weighted by Gasteiger charge is -2.56. The summed E-state index contributed by atoms with van der Waals surface area (Å²) in [6.07, 6.45) is -2.47. The van der Waals surface area contributed by atoms with Crippen molar-refractivity contribution in [1.29, 1.82) is 0 Å². The molecular formula is C34H36F5NO5S2. The minimum absolute atomic E-state index is 0.00138. The molecule has 1 N–H and O–H groups in total. The first-order chi connectivity index (χ1) is 21.7. The van der Waals surface area contributed by atoms with Gasteiger partial charge in [-0.2, -0.15) is 30.4 Å². The zero-order valence-corrected chi connectivity index (χ0v) is 27.7. The largest absolute Gasteiger partial charge is 0.456 e. The summed E-state index contributed by atoms with van der Waals surface area (Å²) in [4.78, 5) is 12.3. The number of halogens is 5. The van der Waals surface area contributed by atoms with E-state index in [0.29, 0.717) is 24.8 Å². The highest BCUT2D eigenvalue weighted by molar-refractivity contribution is 8.03. The Bertz CT molecular complexity index is 1930. The molecule has 0 amide bonds. The number of nitrogens with zero attached hydrogens (tertiary/aromatic N) is 1. The highest BCUT2D eigenvalue weighted by Crippen LogP contribution is 2.70. The molecule has 2 aromatic carbocycles. The van der Waals surface area contributed by atoms with Crippen LogP contribution in [0, 0.1) is 24.2 Å². The lowest BCUT2D eigenvalue weighted by molar-refractivity contribution is -0.362. The van der Waals surface area contributed by atoms with Gasteiger partial charge in [-0.25, -0.2) is 4.21 Å². The summed E-state index contributed by atoms with van der Waals surface area (Å²) in [6.45, 7) is 3.13. The minimum Gasteiger partial charge on any atom is -0.383 e. The molecule has 2 fully saturated rings. The molecule has 0 aliphatic heterocycles. The van der Waals surface area contributed by atoms with Crippen molar-refractivity contribution in [3.63, 3.8) is 0 Å². The molecule has 6 atom stereocenters. The van der Waals surface area contributed by atoms with Crippen molar-refractivity contribution in [2.24, 2.45) is 21.0 Å². The molecule has 4 aliphatic rings. The third-order valence-corrected chi connectivity index (χ3v) is 15.0. The summed E-state index contributed by atoms with van der Waals surface area (Å²) in [5.74, 6) is -7.08. The van der Waals surface area contributed by atoms with Crippen molar-refractivity contribution in [1.82, 2.24) is 0 Å². The first-order valence-corrected chi connectivity index (χ1v) is 18.9. The molecule has 2 saturated carbocycles. The van der Waals surface area contributed by atoms with E-state index in [1.807, 2.05) is 0 Å². The van der Waals surface area contributed by atoms with Gasteiger partial charge in [-0.3, -0.25) is 4.79 Å². The van der Waals surface area contributed by atoms with Crippen LogP contribution in [0.2, 0.25) is 0 Å². The van der Waals surface area contributed by atoms with E-state index in [1.54, 1.807) is 37.3 Å². The molecule has 0 aromatic heterocycles. The zero-order chi connectivity index (χ0) is 34.4. The molecular weight excluding hydrogens is 661 g/mol. The molecule has 254 valence electrons. The summed E-state index contributed by atoms with van der Waals surface area (Å²) in [5, 5.41) is 11.4. The second-order valence-electron chi connectivity index (χ2n) is 13.7. The van der Waals surface area contributed by atoms with Crippen LogP contribution in [-0.2, 0) is 24.5 Å². The smallest absolute Gasteiger partial charge is 0.383 e. The number of benzene rings is 2. The summed E-state index contributed by atoms with van der Waals surface area (Å²) < 4.78 is 115. The van der Waals surface area contributed by atoms with Crippen LogP contribution in [0.25, 0.3) is 0 Å². The van der Waals surface area contributed by atoms with Crippen molar-refractivity contribution in [2.45, 2.75) is 92.2 Å². The van der Waals surface area contributed by atoms with Gasteiger partial charge < -0.3 is 5.11 Å². The lowest BCUT2D eigenvalue weighted by Crippen LogP contribution is -2.65. The van der Waals surface area contributed by atoms with E-state index in [2.05, 4.69) is 3.77 Å². The van der Waals surface area contributed by atoms with Crippen LogP contribution < -0.4 is 0 Å². The van der Waals surface area contributed by atoms with Crippen molar-refractivity contribution in [3.8, 4) is 0 Å². The molecule has 47 heavy (non-hydrogen) atoms. The molecule has 2 unspecified atom stereocenters. The number of fused-ring (bicyclic) bond motifs is 4. The average molecular weight is 698 g/mol. The van der Waals surface area contributed by atoms with Crippen LogP contribution in [0.3, 0.4) is 0 Å². The van der Waals surface area contributed by atoms with E-state index in [1.165, 1.54) is 37.4 Å². The van der Waals surface area contributed by atoms with E-state index in [-0.39, 0.29) is 40.8 Å². The fourth-order valence-electron chi connectivity index (χ4n) is 8.65. The summed E-state index contributed by atoms with van der Waals surface area (Å²) in [7, 11) is -7.78. The predicted molar refractivity (Wildman–Crippen MR) is 166 cm³/mol. The highest BCUT2D eigenvalue weighted by Gasteiger charge is 2.79. The number of aryl methyl sites for hydroxylation is 1. The average Bonchev–Trinajstić information content (AvgIpc) is 3.27. The van der Waals surface area contributed by atoms with Gasteiger partial charge in [0.05, 0.1) is 14.6 Å². The Hall–Kier alpha value is -2.90. The van der Waals surface area contributed by atoms with Gasteiger partial charge in [0.1, 0.15) is 5.60 Å². The zero-order valence-electron chi connectivity index (χ0n) is 26.1. The molecule has 0 heterocycles. The van der Waals surface area contributed by atoms with E-state index in [4.69, 9.17) is 0 Å².